The third kappa shape index (κ3) is 4.06. The van der Waals surface area contributed by atoms with Crippen molar-refractivity contribution in [2.75, 3.05) is 10.6 Å². The second-order valence-corrected chi connectivity index (χ2v) is 4.34. The number of rotatable bonds is 3. The number of halogens is 2. The average molecular weight is 321 g/mol. The molecule has 9 heteroatoms. The van der Waals surface area contributed by atoms with Crippen molar-refractivity contribution < 1.29 is 23.3 Å². The van der Waals surface area contributed by atoms with Gasteiger partial charge in [0.1, 0.15) is 11.6 Å². The van der Waals surface area contributed by atoms with Crippen molar-refractivity contribution in [1.29, 1.82) is 0 Å². The number of benzene rings is 2. The standard InChI is InChI=1S/C14H9F2N3O4/c15-8-4-5-11(16)12(6-8)18-14(21)13(20)17-9-2-1-3-10(7-9)19(22)23/h1-7H,(H,17,20)(H,18,21). The molecule has 0 aromatic heterocycles. The molecule has 2 rings (SSSR count). The molecule has 2 aromatic carbocycles. The minimum absolute atomic E-state index is 0.0130. The minimum Gasteiger partial charge on any atom is -0.318 e. The molecule has 0 saturated carbocycles. The molecule has 0 bridgehead atoms. The molecule has 0 radical (unpaired) electrons. The molecule has 118 valence electrons. The lowest BCUT2D eigenvalue weighted by atomic mass is 10.2. The van der Waals surface area contributed by atoms with Gasteiger partial charge in [-0.05, 0) is 18.2 Å². The average Bonchev–Trinajstić information content (AvgIpc) is 2.51. The van der Waals surface area contributed by atoms with Crippen LogP contribution in [0.5, 0.6) is 0 Å². The van der Waals surface area contributed by atoms with Gasteiger partial charge < -0.3 is 10.6 Å². The van der Waals surface area contributed by atoms with E-state index in [-0.39, 0.29) is 11.4 Å². The quantitative estimate of drug-likeness (QED) is 0.515. The molecule has 0 atom stereocenters. The molecule has 2 N–H and O–H groups in total. The lowest BCUT2D eigenvalue weighted by molar-refractivity contribution is -0.384. The van der Waals surface area contributed by atoms with Crippen LogP contribution in [-0.4, -0.2) is 16.7 Å². The lowest BCUT2D eigenvalue weighted by Crippen LogP contribution is -2.29. The summed E-state index contributed by atoms with van der Waals surface area (Å²) in [5.74, 6) is -4.14. The van der Waals surface area contributed by atoms with Crippen LogP contribution in [-0.2, 0) is 9.59 Å². The maximum atomic E-state index is 13.4. The fraction of sp³-hybridized carbons (Fsp3) is 0. The van der Waals surface area contributed by atoms with Gasteiger partial charge in [0.2, 0.25) is 0 Å². The van der Waals surface area contributed by atoms with E-state index in [9.17, 15) is 28.5 Å². The van der Waals surface area contributed by atoms with Crippen molar-refractivity contribution in [1.82, 2.24) is 0 Å². The molecule has 0 spiro atoms. The van der Waals surface area contributed by atoms with Gasteiger partial charge >= 0.3 is 11.8 Å². The topological polar surface area (TPSA) is 101 Å². The predicted octanol–water partition coefficient (Wildman–Crippen LogP) is 2.45. The maximum absolute atomic E-state index is 13.4. The number of nitro benzene ring substituents is 1. The lowest BCUT2D eigenvalue weighted by Gasteiger charge is -2.07. The first-order chi connectivity index (χ1) is 10.9. The molecule has 23 heavy (non-hydrogen) atoms. The van der Waals surface area contributed by atoms with Gasteiger partial charge in [-0.15, -0.1) is 0 Å². The summed E-state index contributed by atoms with van der Waals surface area (Å²) in [6, 6.07) is 7.27. The fourth-order valence-corrected chi connectivity index (χ4v) is 1.66. The van der Waals surface area contributed by atoms with E-state index in [1.807, 2.05) is 5.32 Å². The summed E-state index contributed by atoms with van der Waals surface area (Å²) in [6.07, 6.45) is 0. The molecule has 0 fully saturated rings. The molecular weight excluding hydrogens is 312 g/mol. The molecule has 0 aliphatic carbocycles. The molecule has 0 heterocycles. The molecule has 0 saturated heterocycles. The second-order valence-electron chi connectivity index (χ2n) is 4.34. The van der Waals surface area contributed by atoms with Crippen LogP contribution in [0.1, 0.15) is 0 Å². The van der Waals surface area contributed by atoms with Crippen LogP contribution in [0.4, 0.5) is 25.8 Å². The Bertz CT molecular complexity index is 795. The summed E-state index contributed by atoms with van der Waals surface area (Å²) < 4.78 is 26.4. The van der Waals surface area contributed by atoms with E-state index in [0.29, 0.717) is 6.07 Å². The summed E-state index contributed by atoms with van der Waals surface area (Å²) in [4.78, 5) is 33.3. The van der Waals surface area contributed by atoms with Crippen LogP contribution < -0.4 is 10.6 Å². The van der Waals surface area contributed by atoms with Gasteiger partial charge in [-0.25, -0.2) is 8.78 Å². The number of amides is 2. The van der Waals surface area contributed by atoms with Crippen LogP contribution in [0.15, 0.2) is 42.5 Å². The second kappa shape index (κ2) is 6.60. The summed E-state index contributed by atoms with van der Waals surface area (Å²) in [5, 5.41) is 14.6. The monoisotopic (exact) mass is 321 g/mol. The van der Waals surface area contributed by atoms with Crippen LogP contribution in [0.25, 0.3) is 0 Å². The molecule has 0 unspecified atom stereocenters. The summed E-state index contributed by atoms with van der Waals surface area (Å²) in [5.41, 5.74) is -0.761. The van der Waals surface area contributed by atoms with Crippen LogP contribution >= 0.6 is 0 Å². The number of nitrogens with one attached hydrogen (secondary N) is 2. The first kappa shape index (κ1) is 16.0. The van der Waals surface area contributed by atoms with E-state index in [0.717, 1.165) is 18.2 Å². The van der Waals surface area contributed by atoms with Crippen molar-refractivity contribution >= 4 is 28.9 Å². The third-order valence-electron chi connectivity index (χ3n) is 2.70. The first-order valence-electron chi connectivity index (χ1n) is 6.18. The largest absolute Gasteiger partial charge is 0.318 e. The zero-order valence-electron chi connectivity index (χ0n) is 11.4. The molecule has 2 aromatic rings. The number of nitro groups is 1. The number of hydrogen-bond acceptors (Lipinski definition) is 4. The van der Waals surface area contributed by atoms with Crippen molar-refractivity contribution in [3.8, 4) is 0 Å². The smallest absolute Gasteiger partial charge is 0.314 e. The van der Waals surface area contributed by atoms with E-state index in [2.05, 4.69) is 5.32 Å². The van der Waals surface area contributed by atoms with E-state index in [1.54, 1.807) is 0 Å². The maximum Gasteiger partial charge on any atom is 0.314 e. The van der Waals surface area contributed by atoms with Crippen molar-refractivity contribution in [3.05, 3.63) is 64.2 Å². The van der Waals surface area contributed by atoms with E-state index in [4.69, 9.17) is 0 Å². The Kier molecular flexibility index (Phi) is 4.60. The third-order valence-corrected chi connectivity index (χ3v) is 2.70. The molecule has 7 nitrogen and oxygen atoms in total. The normalized spacial score (nSPS) is 10.0. The van der Waals surface area contributed by atoms with E-state index >= 15 is 0 Å². The Balaban J connectivity index is 2.08. The van der Waals surface area contributed by atoms with Crippen molar-refractivity contribution in [2.24, 2.45) is 0 Å². The molecular formula is C14H9F2N3O4. The zero-order valence-corrected chi connectivity index (χ0v) is 11.4. The number of anilines is 2. The Morgan fingerprint density at radius 3 is 2.39 bits per heavy atom. The Morgan fingerprint density at radius 2 is 1.70 bits per heavy atom. The fourth-order valence-electron chi connectivity index (χ4n) is 1.66. The van der Waals surface area contributed by atoms with Crippen molar-refractivity contribution in [2.45, 2.75) is 0 Å². The van der Waals surface area contributed by atoms with Gasteiger partial charge in [0, 0.05) is 23.9 Å². The Hall–Kier alpha value is -3.36. The van der Waals surface area contributed by atoms with Crippen LogP contribution in [0.2, 0.25) is 0 Å². The van der Waals surface area contributed by atoms with E-state index < -0.39 is 34.1 Å². The van der Waals surface area contributed by atoms with Crippen LogP contribution in [0.3, 0.4) is 0 Å². The summed E-state index contributed by atoms with van der Waals surface area (Å²) >= 11 is 0. The Labute approximate surface area is 128 Å². The number of nitrogens with zero attached hydrogens (tertiary/aromatic N) is 1. The van der Waals surface area contributed by atoms with Gasteiger partial charge in [-0.1, -0.05) is 6.07 Å². The molecule has 2 amide bonds. The van der Waals surface area contributed by atoms with Gasteiger partial charge in [0.15, 0.2) is 0 Å². The van der Waals surface area contributed by atoms with Gasteiger partial charge in [-0.2, -0.15) is 0 Å². The highest BCUT2D eigenvalue weighted by atomic mass is 19.1. The number of hydrogen-bond donors (Lipinski definition) is 2. The highest BCUT2D eigenvalue weighted by Crippen LogP contribution is 2.18. The Morgan fingerprint density at radius 1 is 1.00 bits per heavy atom. The zero-order chi connectivity index (χ0) is 17.0. The van der Waals surface area contributed by atoms with Crippen LogP contribution in [0, 0.1) is 21.7 Å². The van der Waals surface area contributed by atoms with Crippen molar-refractivity contribution in [3.63, 3.8) is 0 Å². The molecule has 0 aliphatic rings. The number of non-ortho nitro benzene ring substituents is 1. The summed E-state index contributed by atoms with van der Waals surface area (Å²) in [7, 11) is 0. The van der Waals surface area contributed by atoms with E-state index in [1.165, 1.54) is 18.2 Å². The molecule has 0 aliphatic heterocycles. The number of carbonyl (C=O) groups is 2. The van der Waals surface area contributed by atoms with Gasteiger partial charge in [0.05, 0.1) is 10.6 Å². The van der Waals surface area contributed by atoms with Gasteiger partial charge in [-0.3, -0.25) is 19.7 Å². The highest BCUT2D eigenvalue weighted by molar-refractivity contribution is 6.43. The summed E-state index contributed by atoms with van der Waals surface area (Å²) in [6.45, 7) is 0. The highest BCUT2D eigenvalue weighted by Gasteiger charge is 2.17. The predicted molar refractivity (Wildman–Crippen MR) is 76.7 cm³/mol. The SMILES string of the molecule is O=C(Nc1cccc([N+](=O)[O-])c1)C(=O)Nc1cc(F)ccc1F. The first-order valence-corrected chi connectivity index (χ1v) is 6.18. The number of carbonyl (C=O) groups excluding carboxylic acids is 2. The van der Waals surface area contributed by atoms with Gasteiger partial charge in [0.25, 0.3) is 5.69 Å². The minimum atomic E-state index is -1.25.